The van der Waals surface area contributed by atoms with Gasteiger partial charge in [-0.25, -0.2) is 4.79 Å². The van der Waals surface area contributed by atoms with E-state index in [-0.39, 0.29) is 0 Å². The molecular formula is C15H14O3S. The largest absolute Gasteiger partial charge is 0.511 e. The van der Waals surface area contributed by atoms with Crippen LogP contribution in [-0.2, 0) is 6.42 Å². The van der Waals surface area contributed by atoms with E-state index >= 15 is 0 Å². The Morgan fingerprint density at radius 1 is 1.11 bits per heavy atom. The molecule has 2 aromatic carbocycles. The molecule has 0 amide bonds. The standard InChI is InChI=1S/C15H14O3S/c16-15(17)18-14-12(9-10-19)7-4-8-13(14)11-5-2-1-3-6-11/h1-8,19H,9-10H2,(H,16,17). The van der Waals surface area contributed by atoms with E-state index in [1.54, 1.807) is 0 Å². The number of benzene rings is 2. The van der Waals surface area contributed by atoms with Gasteiger partial charge in [-0.3, -0.25) is 0 Å². The maximum Gasteiger partial charge on any atom is 0.511 e. The number of carbonyl (C=O) groups is 1. The lowest BCUT2D eigenvalue weighted by atomic mass is 10.0. The van der Waals surface area contributed by atoms with Crippen LogP contribution in [-0.4, -0.2) is 17.0 Å². The van der Waals surface area contributed by atoms with Gasteiger partial charge in [-0.05, 0) is 23.3 Å². The third kappa shape index (κ3) is 3.29. The van der Waals surface area contributed by atoms with Crippen molar-refractivity contribution in [3.05, 3.63) is 54.1 Å². The Labute approximate surface area is 117 Å². The Hall–Kier alpha value is -1.94. The van der Waals surface area contributed by atoms with Gasteiger partial charge in [0.05, 0.1) is 0 Å². The van der Waals surface area contributed by atoms with Crippen LogP contribution in [0.4, 0.5) is 4.79 Å². The molecule has 3 nitrogen and oxygen atoms in total. The molecule has 19 heavy (non-hydrogen) atoms. The first-order valence-corrected chi connectivity index (χ1v) is 6.54. The van der Waals surface area contributed by atoms with Crippen LogP contribution in [0.2, 0.25) is 0 Å². The van der Waals surface area contributed by atoms with E-state index in [2.05, 4.69) is 12.6 Å². The lowest BCUT2D eigenvalue weighted by Gasteiger charge is -2.12. The van der Waals surface area contributed by atoms with Crippen molar-refractivity contribution in [1.29, 1.82) is 0 Å². The molecule has 2 rings (SSSR count). The number of hydrogen-bond donors (Lipinski definition) is 2. The summed E-state index contributed by atoms with van der Waals surface area (Å²) in [5, 5.41) is 8.89. The first-order valence-electron chi connectivity index (χ1n) is 5.91. The SMILES string of the molecule is O=C(O)Oc1c(CCS)cccc1-c1ccccc1. The molecule has 0 bridgehead atoms. The first-order chi connectivity index (χ1) is 9.22. The quantitative estimate of drug-likeness (QED) is 0.505. The maximum atomic E-state index is 10.9. The molecule has 1 N–H and O–H groups in total. The van der Waals surface area contributed by atoms with Crippen LogP contribution in [0.25, 0.3) is 11.1 Å². The minimum atomic E-state index is -1.30. The molecule has 0 atom stereocenters. The van der Waals surface area contributed by atoms with Crippen LogP contribution >= 0.6 is 12.6 Å². The van der Waals surface area contributed by atoms with Gasteiger partial charge in [0, 0.05) is 5.56 Å². The van der Waals surface area contributed by atoms with Crippen molar-refractivity contribution in [1.82, 2.24) is 0 Å². The molecule has 0 heterocycles. The molecule has 0 aliphatic carbocycles. The third-order valence-electron chi connectivity index (χ3n) is 2.75. The minimum absolute atomic E-state index is 0.398. The van der Waals surface area contributed by atoms with E-state index in [1.807, 2.05) is 48.5 Å². The maximum absolute atomic E-state index is 10.9. The Balaban J connectivity index is 2.53. The zero-order valence-electron chi connectivity index (χ0n) is 10.2. The number of aryl methyl sites for hydroxylation is 1. The van der Waals surface area contributed by atoms with E-state index in [9.17, 15) is 4.79 Å². The molecule has 0 saturated heterocycles. The molecule has 0 saturated carbocycles. The molecule has 0 aliphatic heterocycles. The highest BCUT2D eigenvalue weighted by Crippen LogP contribution is 2.33. The van der Waals surface area contributed by atoms with Gasteiger partial charge in [0.1, 0.15) is 5.75 Å². The van der Waals surface area contributed by atoms with Crippen molar-refractivity contribution in [2.45, 2.75) is 6.42 Å². The van der Waals surface area contributed by atoms with Crippen LogP contribution in [0, 0.1) is 0 Å². The predicted molar refractivity (Wildman–Crippen MR) is 78.1 cm³/mol. The van der Waals surface area contributed by atoms with E-state index in [4.69, 9.17) is 9.84 Å². The summed E-state index contributed by atoms with van der Waals surface area (Å²) >= 11 is 4.19. The van der Waals surface area contributed by atoms with E-state index < -0.39 is 6.16 Å². The summed E-state index contributed by atoms with van der Waals surface area (Å²) in [6.45, 7) is 0. The Morgan fingerprint density at radius 3 is 2.47 bits per heavy atom. The lowest BCUT2D eigenvalue weighted by molar-refractivity contribution is 0.144. The molecule has 2 aromatic rings. The molecule has 0 aliphatic rings. The number of carboxylic acid groups (broad SMARTS) is 1. The van der Waals surface area contributed by atoms with Gasteiger partial charge in [-0.2, -0.15) is 12.6 Å². The number of para-hydroxylation sites is 1. The van der Waals surface area contributed by atoms with Crippen molar-refractivity contribution in [3.63, 3.8) is 0 Å². The summed E-state index contributed by atoms with van der Waals surface area (Å²) in [7, 11) is 0. The van der Waals surface area contributed by atoms with Gasteiger partial charge in [0.2, 0.25) is 0 Å². The molecule has 0 aromatic heterocycles. The summed E-state index contributed by atoms with van der Waals surface area (Å²) in [6, 6.07) is 15.2. The van der Waals surface area contributed by atoms with Crippen molar-refractivity contribution in [2.24, 2.45) is 0 Å². The number of rotatable bonds is 4. The summed E-state index contributed by atoms with van der Waals surface area (Å²) in [5.41, 5.74) is 2.56. The highest BCUT2D eigenvalue weighted by atomic mass is 32.1. The molecule has 0 unspecified atom stereocenters. The fourth-order valence-electron chi connectivity index (χ4n) is 1.96. The van der Waals surface area contributed by atoms with Gasteiger partial charge >= 0.3 is 6.16 Å². The summed E-state index contributed by atoms with van der Waals surface area (Å²) < 4.78 is 4.97. The smallest absolute Gasteiger partial charge is 0.449 e. The average Bonchev–Trinajstić information content (AvgIpc) is 2.41. The van der Waals surface area contributed by atoms with Crippen molar-refractivity contribution < 1.29 is 14.6 Å². The molecule has 0 spiro atoms. The Morgan fingerprint density at radius 2 is 1.84 bits per heavy atom. The first kappa shape index (κ1) is 13.5. The average molecular weight is 274 g/mol. The Kier molecular flexibility index (Phi) is 4.47. The highest BCUT2D eigenvalue weighted by molar-refractivity contribution is 7.80. The summed E-state index contributed by atoms with van der Waals surface area (Å²) in [6.07, 6.45) is -0.643. The molecule has 4 heteroatoms. The van der Waals surface area contributed by atoms with Crippen LogP contribution < -0.4 is 4.74 Å². The highest BCUT2D eigenvalue weighted by Gasteiger charge is 2.14. The normalized spacial score (nSPS) is 10.2. The second-order valence-corrected chi connectivity index (χ2v) is 4.45. The summed E-state index contributed by atoms with van der Waals surface area (Å²) in [5.74, 6) is 1.03. The van der Waals surface area contributed by atoms with E-state index in [1.165, 1.54) is 0 Å². The van der Waals surface area contributed by atoms with E-state index in [0.717, 1.165) is 16.7 Å². The zero-order valence-corrected chi connectivity index (χ0v) is 11.1. The number of hydrogen-bond acceptors (Lipinski definition) is 3. The number of ether oxygens (including phenoxy) is 1. The van der Waals surface area contributed by atoms with Crippen LogP contribution in [0.3, 0.4) is 0 Å². The van der Waals surface area contributed by atoms with Crippen molar-refractivity contribution in [2.75, 3.05) is 5.75 Å². The predicted octanol–water partition coefficient (Wildman–Crippen LogP) is 3.88. The van der Waals surface area contributed by atoms with Crippen molar-refractivity contribution >= 4 is 18.8 Å². The molecule has 0 radical (unpaired) electrons. The van der Waals surface area contributed by atoms with Gasteiger partial charge in [-0.15, -0.1) is 0 Å². The van der Waals surface area contributed by atoms with E-state index in [0.29, 0.717) is 17.9 Å². The second-order valence-electron chi connectivity index (χ2n) is 4.00. The third-order valence-corrected chi connectivity index (χ3v) is 2.98. The molecule has 98 valence electrons. The van der Waals surface area contributed by atoms with Crippen LogP contribution in [0.5, 0.6) is 5.75 Å². The topological polar surface area (TPSA) is 46.5 Å². The monoisotopic (exact) mass is 274 g/mol. The molecular weight excluding hydrogens is 260 g/mol. The fourth-order valence-corrected chi connectivity index (χ4v) is 2.20. The molecule has 0 fully saturated rings. The van der Waals surface area contributed by atoms with Gasteiger partial charge in [-0.1, -0.05) is 48.5 Å². The Bertz CT molecular complexity index is 567. The second kappa shape index (κ2) is 6.29. The lowest BCUT2D eigenvalue weighted by Crippen LogP contribution is -2.07. The van der Waals surface area contributed by atoms with Gasteiger partial charge < -0.3 is 9.84 Å². The van der Waals surface area contributed by atoms with Gasteiger partial charge in [0.25, 0.3) is 0 Å². The van der Waals surface area contributed by atoms with Crippen LogP contribution in [0.1, 0.15) is 5.56 Å². The van der Waals surface area contributed by atoms with Gasteiger partial charge in [0.15, 0.2) is 0 Å². The number of thiol groups is 1. The minimum Gasteiger partial charge on any atom is -0.449 e. The zero-order chi connectivity index (χ0) is 13.7. The fraction of sp³-hybridized carbons (Fsp3) is 0.133. The van der Waals surface area contributed by atoms with Crippen LogP contribution in [0.15, 0.2) is 48.5 Å². The van der Waals surface area contributed by atoms with Crippen molar-refractivity contribution in [3.8, 4) is 16.9 Å². The summed E-state index contributed by atoms with van der Waals surface area (Å²) in [4.78, 5) is 10.9.